The van der Waals surface area contributed by atoms with Crippen molar-refractivity contribution < 1.29 is 5.11 Å². The first-order valence-corrected chi connectivity index (χ1v) is 5.40. The zero-order valence-electron chi connectivity index (χ0n) is 10.6. The van der Waals surface area contributed by atoms with Crippen LogP contribution in [0.3, 0.4) is 0 Å². The number of pyridine rings is 1. The summed E-state index contributed by atoms with van der Waals surface area (Å²) in [6.45, 7) is 9.77. The van der Waals surface area contributed by atoms with E-state index in [4.69, 9.17) is 0 Å². The summed E-state index contributed by atoms with van der Waals surface area (Å²) >= 11 is 0. The van der Waals surface area contributed by atoms with Crippen molar-refractivity contribution in [1.29, 1.82) is 0 Å². The Bertz CT molecular complexity index is 425. The molecule has 1 aromatic rings. The lowest BCUT2D eigenvalue weighted by molar-refractivity contribution is 0.143. The quantitative estimate of drug-likeness (QED) is 0.677. The number of aromatic nitrogens is 1. The van der Waals surface area contributed by atoms with Gasteiger partial charge in [0.1, 0.15) is 11.3 Å². The van der Waals surface area contributed by atoms with E-state index in [2.05, 4.69) is 37.6 Å². The first-order valence-electron chi connectivity index (χ1n) is 5.40. The molecule has 0 aliphatic rings. The van der Waals surface area contributed by atoms with Gasteiger partial charge in [-0.05, 0) is 42.9 Å². The molecule has 0 amide bonds. The predicted molar refractivity (Wildman–Crippen MR) is 66.1 cm³/mol. The second kappa shape index (κ2) is 4.27. The van der Waals surface area contributed by atoms with Crippen molar-refractivity contribution in [3.05, 3.63) is 29.6 Å². The first-order chi connectivity index (χ1) is 7.18. The smallest absolute Gasteiger partial charge is 0.120 e. The highest BCUT2D eigenvalue weighted by atomic mass is 16.3. The average Bonchev–Trinajstić information content (AvgIpc) is 2.13. The zero-order valence-corrected chi connectivity index (χ0v) is 10.6. The van der Waals surface area contributed by atoms with E-state index in [1.807, 2.05) is 12.1 Å². The standard InChI is InChI=1S/C14H19NO/c1-13(2,3)11-7-9-15-12(10-11)6-8-14(4,5)16/h7,9-10,16H,1-5H3. The highest BCUT2D eigenvalue weighted by Gasteiger charge is 2.13. The van der Waals surface area contributed by atoms with Gasteiger partial charge in [-0.1, -0.05) is 26.7 Å². The predicted octanol–water partition coefficient (Wildman–Crippen LogP) is 2.50. The van der Waals surface area contributed by atoms with Crippen LogP contribution in [0.1, 0.15) is 45.9 Å². The van der Waals surface area contributed by atoms with Gasteiger partial charge in [0, 0.05) is 6.20 Å². The molecule has 1 heterocycles. The van der Waals surface area contributed by atoms with Gasteiger partial charge in [0.15, 0.2) is 0 Å². The summed E-state index contributed by atoms with van der Waals surface area (Å²) in [6.07, 6.45) is 1.76. The molecule has 2 nitrogen and oxygen atoms in total. The molecule has 1 aromatic heterocycles. The third kappa shape index (κ3) is 4.04. The molecule has 1 rings (SSSR count). The number of hydrogen-bond acceptors (Lipinski definition) is 2. The van der Waals surface area contributed by atoms with Crippen LogP contribution < -0.4 is 0 Å². The van der Waals surface area contributed by atoms with Crippen LogP contribution in [0.4, 0.5) is 0 Å². The van der Waals surface area contributed by atoms with Gasteiger partial charge in [-0.25, -0.2) is 4.98 Å². The second-order valence-electron chi connectivity index (χ2n) is 5.49. The van der Waals surface area contributed by atoms with Gasteiger partial charge < -0.3 is 5.11 Å². The molecule has 0 atom stereocenters. The van der Waals surface area contributed by atoms with Crippen LogP contribution in [0.5, 0.6) is 0 Å². The van der Waals surface area contributed by atoms with Crippen LogP contribution >= 0.6 is 0 Å². The largest absolute Gasteiger partial charge is 0.378 e. The molecule has 2 heteroatoms. The zero-order chi connectivity index (χ0) is 12.4. The van der Waals surface area contributed by atoms with Crippen molar-refractivity contribution in [2.24, 2.45) is 0 Å². The van der Waals surface area contributed by atoms with Gasteiger partial charge in [0.05, 0.1) is 0 Å². The summed E-state index contributed by atoms with van der Waals surface area (Å²) in [7, 11) is 0. The van der Waals surface area contributed by atoms with Crippen molar-refractivity contribution in [1.82, 2.24) is 4.98 Å². The van der Waals surface area contributed by atoms with Gasteiger partial charge >= 0.3 is 0 Å². The molecule has 0 aliphatic carbocycles. The molecule has 0 saturated carbocycles. The maximum atomic E-state index is 9.51. The van der Waals surface area contributed by atoms with Gasteiger partial charge in [-0.15, -0.1) is 0 Å². The van der Waals surface area contributed by atoms with E-state index in [1.165, 1.54) is 5.56 Å². The van der Waals surface area contributed by atoms with Crippen molar-refractivity contribution in [3.8, 4) is 11.8 Å². The van der Waals surface area contributed by atoms with Crippen molar-refractivity contribution >= 4 is 0 Å². The molecular formula is C14H19NO. The Morgan fingerprint density at radius 2 is 1.81 bits per heavy atom. The van der Waals surface area contributed by atoms with Gasteiger partial charge in [0.2, 0.25) is 0 Å². The van der Waals surface area contributed by atoms with Gasteiger partial charge in [0.25, 0.3) is 0 Å². The summed E-state index contributed by atoms with van der Waals surface area (Å²) < 4.78 is 0. The third-order valence-electron chi connectivity index (χ3n) is 2.12. The number of hydrogen-bond donors (Lipinski definition) is 1. The van der Waals surface area contributed by atoms with Crippen LogP contribution in [0.15, 0.2) is 18.3 Å². The molecule has 86 valence electrons. The molecule has 0 bridgehead atoms. The van der Waals surface area contributed by atoms with E-state index >= 15 is 0 Å². The fourth-order valence-corrected chi connectivity index (χ4v) is 1.18. The van der Waals surface area contributed by atoms with E-state index in [1.54, 1.807) is 20.0 Å². The van der Waals surface area contributed by atoms with Crippen molar-refractivity contribution in [2.45, 2.75) is 45.6 Å². The molecule has 1 N–H and O–H groups in total. The lowest BCUT2D eigenvalue weighted by Gasteiger charge is -2.18. The second-order valence-corrected chi connectivity index (χ2v) is 5.49. The Morgan fingerprint density at radius 1 is 1.19 bits per heavy atom. The normalized spacial score (nSPS) is 11.9. The van der Waals surface area contributed by atoms with E-state index in [0.29, 0.717) is 5.69 Å². The molecule has 0 unspecified atom stereocenters. The Labute approximate surface area is 97.7 Å². The summed E-state index contributed by atoms with van der Waals surface area (Å²) in [4.78, 5) is 4.17. The minimum absolute atomic E-state index is 0.0914. The summed E-state index contributed by atoms with van der Waals surface area (Å²) in [5, 5.41) is 9.51. The summed E-state index contributed by atoms with van der Waals surface area (Å²) in [5.74, 6) is 5.65. The lowest BCUT2D eigenvalue weighted by atomic mass is 9.87. The number of rotatable bonds is 0. The maximum absolute atomic E-state index is 9.51. The highest BCUT2D eigenvalue weighted by Crippen LogP contribution is 2.21. The average molecular weight is 217 g/mol. The van der Waals surface area contributed by atoms with E-state index < -0.39 is 5.60 Å². The van der Waals surface area contributed by atoms with Crippen molar-refractivity contribution in [2.75, 3.05) is 0 Å². The Morgan fingerprint density at radius 3 is 2.31 bits per heavy atom. The minimum Gasteiger partial charge on any atom is -0.378 e. The van der Waals surface area contributed by atoms with Crippen LogP contribution in [0, 0.1) is 11.8 Å². The van der Waals surface area contributed by atoms with Crippen LogP contribution in [0.2, 0.25) is 0 Å². The molecule has 0 spiro atoms. The van der Waals surface area contributed by atoms with Crippen LogP contribution in [0.25, 0.3) is 0 Å². The van der Waals surface area contributed by atoms with Crippen molar-refractivity contribution in [3.63, 3.8) is 0 Å². The Hall–Kier alpha value is -1.33. The lowest BCUT2D eigenvalue weighted by Crippen LogP contribution is -2.15. The fraction of sp³-hybridized carbons (Fsp3) is 0.500. The third-order valence-corrected chi connectivity index (χ3v) is 2.12. The van der Waals surface area contributed by atoms with E-state index in [-0.39, 0.29) is 5.41 Å². The van der Waals surface area contributed by atoms with E-state index in [9.17, 15) is 5.11 Å². The summed E-state index contributed by atoms with van der Waals surface area (Å²) in [5.41, 5.74) is 1.02. The molecule has 0 radical (unpaired) electrons. The maximum Gasteiger partial charge on any atom is 0.120 e. The Balaban J connectivity index is 3.04. The highest BCUT2D eigenvalue weighted by molar-refractivity contribution is 5.34. The van der Waals surface area contributed by atoms with Crippen LogP contribution in [-0.4, -0.2) is 15.7 Å². The SMILES string of the molecule is CC(C)(O)C#Cc1cc(C(C)(C)C)ccn1. The van der Waals surface area contributed by atoms with Gasteiger partial charge in [-0.2, -0.15) is 0 Å². The first kappa shape index (κ1) is 12.7. The molecule has 16 heavy (non-hydrogen) atoms. The molecule has 0 saturated heterocycles. The monoisotopic (exact) mass is 217 g/mol. The molecule has 0 aromatic carbocycles. The molecule has 0 aliphatic heterocycles. The minimum atomic E-state index is -0.973. The van der Waals surface area contributed by atoms with Gasteiger partial charge in [-0.3, -0.25) is 0 Å². The fourth-order valence-electron chi connectivity index (χ4n) is 1.18. The van der Waals surface area contributed by atoms with Crippen LogP contribution in [-0.2, 0) is 5.41 Å². The van der Waals surface area contributed by atoms with E-state index in [0.717, 1.165) is 0 Å². The molecular weight excluding hydrogens is 198 g/mol. The number of aliphatic hydroxyl groups is 1. The Kier molecular flexibility index (Phi) is 3.40. The topological polar surface area (TPSA) is 33.1 Å². The number of nitrogens with zero attached hydrogens (tertiary/aromatic N) is 1. The summed E-state index contributed by atoms with van der Waals surface area (Å²) in [6, 6.07) is 3.97. The molecule has 0 fully saturated rings.